The number of carbonyl (C=O) groups excluding carboxylic acids is 1. The summed E-state index contributed by atoms with van der Waals surface area (Å²) in [5.74, 6) is 1.27. The van der Waals surface area contributed by atoms with Crippen molar-refractivity contribution < 1.29 is 9.53 Å². The van der Waals surface area contributed by atoms with Gasteiger partial charge in [0.1, 0.15) is 6.61 Å². The van der Waals surface area contributed by atoms with Crippen LogP contribution >= 0.6 is 0 Å². The standard InChI is InChI=1S/C17H24O2/c1-13(2)15-7-9-16(10-8-15)17(18)12-19-11-14-5-3-4-6-14/h7-10,13-14H,3-6,11-12H2,1-2H3. The summed E-state index contributed by atoms with van der Waals surface area (Å²) in [7, 11) is 0. The minimum atomic E-state index is 0.0910. The van der Waals surface area contributed by atoms with Crippen LogP contribution in [-0.2, 0) is 4.74 Å². The second-order valence-corrected chi connectivity index (χ2v) is 5.87. The van der Waals surface area contributed by atoms with Gasteiger partial charge in [0.05, 0.1) is 6.61 Å². The van der Waals surface area contributed by atoms with Gasteiger partial charge in [-0.05, 0) is 30.2 Å². The lowest BCUT2D eigenvalue weighted by Gasteiger charge is -2.10. The predicted molar refractivity (Wildman–Crippen MR) is 77.6 cm³/mol. The molecule has 104 valence electrons. The molecule has 0 aromatic heterocycles. The van der Waals surface area contributed by atoms with E-state index in [-0.39, 0.29) is 12.4 Å². The second-order valence-electron chi connectivity index (χ2n) is 5.87. The van der Waals surface area contributed by atoms with Crippen molar-refractivity contribution >= 4 is 5.78 Å². The van der Waals surface area contributed by atoms with Gasteiger partial charge in [-0.1, -0.05) is 51.0 Å². The molecule has 2 rings (SSSR count). The second kappa shape index (κ2) is 6.85. The molecule has 0 heterocycles. The maximum atomic E-state index is 12.0. The topological polar surface area (TPSA) is 26.3 Å². The Morgan fingerprint density at radius 2 is 1.84 bits per heavy atom. The molecule has 0 saturated heterocycles. The Labute approximate surface area is 116 Å². The van der Waals surface area contributed by atoms with Crippen molar-refractivity contribution in [1.29, 1.82) is 0 Å². The molecule has 0 unspecified atom stereocenters. The molecule has 0 radical (unpaired) electrons. The molecule has 19 heavy (non-hydrogen) atoms. The zero-order valence-electron chi connectivity index (χ0n) is 12.0. The number of Topliss-reactive ketones (excluding diaryl/α,β-unsaturated/α-hetero) is 1. The summed E-state index contributed by atoms with van der Waals surface area (Å²) in [6.45, 7) is 5.27. The van der Waals surface area contributed by atoms with Crippen LogP contribution in [0.5, 0.6) is 0 Å². The van der Waals surface area contributed by atoms with Crippen molar-refractivity contribution in [3.8, 4) is 0 Å². The van der Waals surface area contributed by atoms with E-state index in [0.29, 0.717) is 11.8 Å². The van der Waals surface area contributed by atoms with Gasteiger partial charge in [-0.15, -0.1) is 0 Å². The third-order valence-corrected chi connectivity index (χ3v) is 3.96. The first kappa shape index (κ1) is 14.3. The first-order valence-corrected chi connectivity index (χ1v) is 7.37. The van der Waals surface area contributed by atoms with Crippen molar-refractivity contribution in [2.75, 3.05) is 13.2 Å². The Kier molecular flexibility index (Phi) is 5.15. The molecule has 0 bridgehead atoms. The van der Waals surface area contributed by atoms with Crippen molar-refractivity contribution in [2.24, 2.45) is 5.92 Å². The van der Waals surface area contributed by atoms with Crippen molar-refractivity contribution in [3.05, 3.63) is 35.4 Å². The van der Waals surface area contributed by atoms with Crippen LogP contribution in [0.1, 0.15) is 61.4 Å². The molecule has 1 aromatic rings. The molecule has 1 aliphatic rings. The van der Waals surface area contributed by atoms with Crippen LogP contribution in [0.25, 0.3) is 0 Å². The fourth-order valence-corrected chi connectivity index (χ4v) is 2.63. The van der Waals surface area contributed by atoms with E-state index in [9.17, 15) is 4.79 Å². The number of rotatable bonds is 6. The molecule has 1 fully saturated rings. The molecule has 0 atom stereocenters. The largest absolute Gasteiger partial charge is 0.373 e. The van der Waals surface area contributed by atoms with Crippen LogP contribution in [0.2, 0.25) is 0 Å². The highest BCUT2D eigenvalue weighted by Crippen LogP contribution is 2.24. The molecule has 2 heteroatoms. The Morgan fingerprint density at radius 1 is 1.21 bits per heavy atom. The van der Waals surface area contributed by atoms with Crippen molar-refractivity contribution in [1.82, 2.24) is 0 Å². The number of carbonyl (C=O) groups is 1. The van der Waals surface area contributed by atoms with Gasteiger partial charge in [-0.25, -0.2) is 0 Å². The van der Waals surface area contributed by atoms with E-state index in [1.54, 1.807) is 0 Å². The van der Waals surface area contributed by atoms with Gasteiger partial charge in [-0.3, -0.25) is 4.79 Å². The molecule has 2 nitrogen and oxygen atoms in total. The highest BCUT2D eigenvalue weighted by molar-refractivity contribution is 5.97. The van der Waals surface area contributed by atoms with Crippen LogP contribution in [0.15, 0.2) is 24.3 Å². The number of benzene rings is 1. The van der Waals surface area contributed by atoms with Crippen molar-refractivity contribution in [2.45, 2.75) is 45.4 Å². The maximum Gasteiger partial charge on any atom is 0.188 e. The van der Waals surface area contributed by atoms with Crippen LogP contribution in [0.4, 0.5) is 0 Å². The van der Waals surface area contributed by atoms with Gasteiger partial charge in [0.2, 0.25) is 0 Å². The molecule has 0 spiro atoms. The summed E-state index contributed by atoms with van der Waals surface area (Å²) in [6.07, 6.45) is 5.16. The van der Waals surface area contributed by atoms with Gasteiger partial charge < -0.3 is 4.74 Å². The van der Waals surface area contributed by atoms with Crippen LogP contribution < -0.4 is 0 Å². The number of ether oxygens (including phenoxy) is 1. The quantitative estimate of drug-likeness (QED) is 0.716. The zero-order chi connectivity index (χ0) is 13.7. The van der Waals surface area contributed by atoms with E-state index in [4.69, 9.17) is 4.74 Å². The molecule has 0 N–H and O–H groups in total. The third kappa shape index (κ3) is 4.17. The maximum absolute atomic E-state index is 12.0. The predicted octanol–water partition coefficient (Wildman–Crippen LogP) is 4.20. The molecule has 1 aromatic carbocycles. The third-order valence-electron chi connectivity index (χ3n) is 3.96. The number of hydrogen-bond donors (Lipinski definition) is 0. The number of hydrogen-bond acceptors (Lipinski definition) is 2. The smallest absolute Gasteiger partial charge is 0.188 e. The van der Waals surface area contributed by atoms with Crippen LogP contribution in [0.3, 0.4) is 0 Å². The Hall–Kier alpha value is -1.15. The van der Waals surface area contributed by atoms with E-state index < -0.39 is 0 Å². The van der Waals surface area contributed by atoms with Crippen LogP contribution in [0, 0.1) is 5.92 Å². The Balaban J connectivity index is 1.78. The van der Waals surface area contributed by atoms with Crippen molar-refractivity contribution in [3.63, 3.8) is 0 Å². The molecular weight excluding hydrogens is 236 g/mol. The average Bonchev–Trinajstić information content (AvgIpc) is 2.92. The average molecular weight is 260 g/mol. The van der Waals surface area contributed by atoms with E-state index >= 15 is 0 Å². The zero-order valence-corrected chi connectivity index (χ0v) is 12.0. The molecule has 1 aliphatic carbocycles. The van der Waals surface area contributed by atoms with E-state index in [2.05, 4.69) is 13.8 Å². The summed E-state index contributed by atoms with van der Waals surface area (Å²) in [4.78, 5) is 12.0. The van der Waals surface area contributed by atoms with Crippen LogP contribution in [-0.4, -0.2) is 19.0 Å². The number of ketones is 1. The highest BCUT2D eigenvalue weighted by Gasteiger charge is 2.15. The Morgan fingerprint density at radius 3 is 2.42 bits per heavy atom. The fourth-order valence-electron chi connectivity index (χ4n) is 2.63. The normalized spacial score (nSPS) is 16.2. The summed E-state index contributed by atoms with van der Waals surface area (Å²) in [5.41, 5.74) is 2.03. The van der Waals surface area contributed by atoms with Gasteiger partial charge >= 0.3 is 0 Å². The molecule has 1 saturated carbocycles. The van der Waals surface area contributed by atoms with Gasteiger partial charge in [-0.2, -0.15) is 0 Å². The van der Waals surface area contributed by atoms with Gasteiger partial charge in [0, 0.05) is 5.56 Å². The van der Waals surface area contributed by atoms with E-state index in [1.165, 1.54) is 31.2 Å². The molecule has 0 aliphatic heterocycles. The van der Waals surface area contributed by atoms with Gasteiger partial charge in [0.25, 0.3) is 0 Å². The fraction of sp³-hybridized carbons (Fsp3) is 0.588. The Bertz CT molecular complexity index is 400. The summed E-state index contributed by atoms with van der Waals surface area (Å²) < 4.78 is 5.56. The summed E-state index contributed by atoms with van der Waals surface area (Å²) in [6, 6.07) is 7.90. The lowest BCUT2D eigenvalue weighted by atomic mass is 10.0. The summed E-state index contributed by atoms with van der Waals surface area (Å²) >= 11 is 0. The summed E-state index contributed by atoms with van der Waals surface area (Å²) in [5, 5.41) is 0. The first-order chi connectivity index (χ1) is 9.16. The SMILES string of the molecule is CC(C)c1ccc(C(=O)COCC2CCCC2)cc1. The highest BCUT2D eigenvalue weighted by atomic mass is 16.5. The lowest BCUT2D eigenvalue weighted by Crippen LogP contribution is -2.13. The molecular formula is C17H24O2. The minimum absolute atomic E-state index is 0.0910. The lowest BCUT2D eigenvalue weighted by molar-refractivity contribution is 0.0681. The van der Waals surface area contributed by atoms with E-state index in [1.807, 2.05) is 24.3 Å². The van der Waals surface area contributed by atoms with Gasteiger partial charge in [0.15, 0.2) is 5.78 Å². The monoisotopic (exact) mass is 260 g/mol. The van der Waals surface area contributed by atoms with E-state index in [0.717, 1.165) is 12.2 Å². The minimum Gasteiger partial charge on any atom is -0.373 e. The molecule has 0 amide bonds. The first-order valence-electron chi connectivity index (χ1n) is 7.37.